The minimum atomic E-state index is -0.500. The van der Waals surface area contributed by atoms with Gasteiger partial charge < -0.3 is 9.72 Å². The highest BCUT2D eigenvalue weighted by atomic mass is 16.5. The van der Waals surface area contributed by atoms with Crippen molar-refractivity contribution in [2.45, 2.75) is 6.61 Å². The van der Waals surface area contributed by atoms with Crippen LogP contribution in [0.15, 0.2) is 54.9 Å². The number of anilines is 1. The number of aromatic nitrogens is 2. The van der Waals surface area contributed by atoms with Crippen molar-refractivity contribution in [3.63, 3.8) is 0 Å². The van der Waals surface area contributed by atoms with Gasteiger partial charge in [-0.3, -0.25) is 10.3 Å². The molecule has 1 aromatic carbocycles. The Morgan fingerprint density at radius 2 is 2.05 bits per heavy atom. The first-order valence-electron chi connectivity index (χ1n) is 6.23. The Morgan fingerprint density at radius 3 is 2.90 bits per heavy atom. The van der Waals surface area contributed by atoms with Crippen molar-refractivity contribution in [2.75, 3.05) is 5.32 Å². The minimum Gasteiger partial charge on any atom is -0.444 e. The Bertz CT molecular complexity index is 722. The topological polar surface area (TPSA) is 67.0 Å². The highest BCUT2D eigenvalue weighted by Gasteiger charge is 2.09. The molecule has 0 aliphatic heterocycles. The van der Waals surface area contributed by atoms with Crippen LogP contribution in [0.3, 0.4) is 0 Å². The lowest BCUT2D eigenvalue weighted by Crippen LogP contribution is -2.13. The number of carbonyl (C=O) groups is 1. The van der Waals surface area contributed by atoms with Crippen LogP contribution >= 0.6 is 0 Å². The zero-order valence-corrected chi connectivity index (χ0v) is 10.7. The number of hydrogen-bond acceptors (Lipinski definition) is 3. The molecule has 0 spiro atoms. The Labute approximate surface area is 115 Å². The first kappa shape index (κ1) is 12.2. The van der Waals surface area contributed by atoms with Crippen LogP contribution < -0.4 is 5.32 Å². The molecule has 20 heavy (non-hydrogen) atoms. The summed E-state index contributed by atoms with van der Waals surface area (Å²) in [6.07, 6.45) is 2.87. The van der Waals surface area contributed by atoms with Crippen molar-refractivity contribution >= 4 is 22.8 Å². The molecule has 0 radical (unpaired) electrons. The second-order valence-electron chi connectivity index (χ2n) is 4.29. The molecule has 0 fully saturated rings. The molecule has 0 saturated carbocycles. The van der Waals surface area contributed by atoms with Gasteiger partial charge in [0, 0.05) is 12.4 Å². The van der Waals surface area contributed by atoms with Crippen LogP contribution in [0.2, 0.25) is 0 Å². The summed E-state index contributed by atoms with van der Waals surface area (Å²) in [5.41, 5.74) is 3.13. The summed E-state index contributed by atoms with van der Waals surface area (Å²) in [4.78, 5) is 19.0. The third kappa shape index (κ3) is 2.61. The van der Waals surface area contributed by atoms with E-state index in [2.05, 4.69) is 15.3 Å². The van der Waals surface area contributed by atoms with E-state index in [0.717, 1.165) is 11.1 Å². The summed E-state index contributed by atoms with van der Waals surface area (Å²) in [6, 6.07) is 13.3. The zero-order valence-electron chi connectivity index (χ0n) is 10.7. The SMILES string of the molecule is O=C(Nc1c[nH]c2cccnc12)OCc1ccccc1. The third-order valence-corrected chi connectivity index (χ3v) is 2.88. The van der Waals surface area contributed by atoms with Gasteiger partial charge in [-0.2, -0.15) is 0 Å². The van der Waals surface area contributed by atoms with E-state index >= 15 is 0 Å². The number of rotatable bonds is 3. The first-order valence-corrected chi connectivity index (χ1v) is 6.23. The number of hydrogen-bond donors (Lipinski definition) is 2. The molecular formula is C15H13N3O2. The van der Waals surface area contributed by atoms with E-state index in [-0.39, 0.29) is 6.61 Å². The molecule has 100 valence electrons. The molecule has 0 unspecified atom stereocenters. The number of benzene rings is 1. The third-order valence-electron chi connectivity index (χ3n) is 2.88. The summed E-state index contributed by atoms with van der Waals surface area (Å²) >= 11 is 0. The molecule has 3 rings (SSSR count). The van der Waals surface area contributed by atoms with E-state index in [1.54, 1.807) is 12.4 Å². The molecule has 3 aromatic rings. The predicted molar refractivity (Wildman–Crippen MR) is 76.3 cm³/mol. The standard InChI is InChI=1S/C15H13N3O2/c19-15(20-10-11-5-2-1-3-6-11)18-13-9-17-12-7-4-8-16-14(12)13/h1-9,17H,10H2,(H,18,19). The lowest BCUT2D eigenvalue weighted by atomic mass is 10.2. The number of fused-ring (bicyclic) bond motifs is 1. The van der Waals surface area contributed by atoms with Gasteiger partial charge in [-0.05, 0) is 17.7 Å². The monoisotopic (exact) mass is 267 g/mol. The number of amides is 1. The average Bonchev–Trinajstić information content (AvgIpc) is 2.90. The molecule has 5 nitrogen and oxygen atoms in total. The summed E-state index contributed by atoms with van der Waals surface area (Å²) in [6.45, 7) is 0.239. The summed E-state index contributed by atoms with van der Waals surface area (Å²) in [5, 5.41) is 2.68. The molecule has 0 atom stereocenters. The molecule has 2 aromatic heterocycles. The van der Waals surface area contributed by atoms with Gasteiger partial charge in [-0.1, -0.05) is 30.3 Å². The quantitative estimate of drug-likeness (QED) is 0.765. The van der Waals surface area contributed by atoms with Crippen molar-refractivity contribution in [2.24, 2.45) is 0 Å². The number of pyridine rings is 1. The normalized spacial score (nSPS) is 10.4. The lowest BCUT2D eigenvalue weighted by Gasteiger charge is -2.05. The van der Waals surface area contributed by atoms with Crippen LogP contribution in [0, 0.1) is 0 Å². The predicted octanol–water partition coefficient (Wildman–Crippen LogP) is 3.31. The Morgan fingerprint density at radius 1 is 1.20 bits per heavy atom. The fourth-order valence-electron chi connectivity index (χ4n) is 1.92. The van der Waals surface area contributed by atoms with E-state index in [1.807, 2.05) is 42.5 Å². The van der Waals surface area contributed by atoms with Crippen molar-refractivity contribution in [3.05, 3.63) is 60.4 Å². The lowest BCUT2D eigenvalue weighted by molar-refractivity contribution is 0.155. The summed E-state index contributed by atoms with van der Waals surface area (Å²) < 4.78 is 5.16. The van der Waals surface area contributed by atoms with Gasteiger partial charge in [0.2, 0.25) is 0 Å². The van der Waals surface area contributed by atoms with E-state index < -0.39 is 6.09 Å². The number of aromatic amines is 1. The summed E-state index contributed by atoms with van der Waals surface area (Å²) in [5.74, 6) is 0. The molecule has 0 aliphatic carbocycles. The van der Waals surface area contributed by atoms with Crippen LogP contribution in [0.25, 0.3) is 11.0 Å². The first-order chi connectivity index (χ1) is 9.83. The number of nitrogens with one attached hydrogen (secondary N) is 2. The highest BCUT2D eigenvalue weighted by molar-refractivity contribution is 5.96. The number of ether oxygens (including phenoxy) is 1. The second kappa shape index (κ2) is 5.44. The van der Waals surface area contributed by atoms with Gasteiger partial charge in [0.05, 0.1) is 11.2 Å². The smallest absolute Gasteiger partial charge is 0.412 e. The Balaban J connectivity index is 1.64. The van der Waals surface area contributed by atoms with Crippen LogP contribution in [0.4, 0.5) is 10.5 Å². The minimum absolute atomic E-state index is 0.239. The van der Waals surface area contributed by atoms with Gasteiger partial charge in [0.25, 0.3) is 0 Å². The van der Waals surface area contributed by atoms with Gasteiger partial charge in [-0.15, -0.1) is 0 Å². The van der Waals surface area contributed by atoms with Crippen molar-refractivity contribution < 1.29 is 9.53 Å². The number of carbonyl (C=O) groups excluding carboxylic acids is 1. The molecular weight excluding hydrogens is 254 g/mol. The molecule has 2 N–H and O–H groups in total. The highest BCUT2D eigenvalue weighted by Crippen LogP contribution is 2.20. The van der Waals surface area contributed by atoms with Crippen molar-refractivity contribution in [1.29, 1.82) is 0 Å². The van der Waals surface area contributed by atoms with Crippen LogP contribution in [-0.2, 0) is 11.3 Å². The molecule has 0 aliphatic rings. The number of nitrogens with zero attached hydrogens (tertiary/aromatic N) is 1. The maximum Gasteiger partial charge on any atom is 0.412 e. The van der Waals surface area contributed by atoms with E-state index in [4.69, 9.17) is 4.74 Å². The molecule has 2 heterocycles. The van der Waals surface area contributed by atoms with E-state index in [0.29, 0.717) is 11.2 Å². The van der Waals surface area contributed by atoms with Crippen LogP contribution in [-0.4, -0.2) is 16.1 Å². The van der Waals surface area contributed by atoms with Crippen LogP contribution in [0.5, 0.6) is 0 Å². The second-order valence-corrected chi connectivity index (χ2v) is 4.29. The van der Waals surface area contributed by atoms with Gasteiger partial charge in [0.15, 0.2) is 0 Å². The molecule has 0 bridgehead atoms. The Hall–Kier alpha value is -2.82. The maximum atomic E-state index is 11.8. The molecule has 0 saturated heterocycles. The molecule has 5 heteroatoms. The summed E-state index contributed by atoms with van der Waals surface area (Å²) in [7, 11) is 0. The van der Waals surface area contributed by atoms with Crippen LogP contribution in [0.1, 0.15) is 5.56 Å². The Kier molecular flexibility index (Phi) is 3.33. The average molecular weight is 267 g/mol. The van der Waals surface area contributed by atoms with Gasteiger partial charge >= 0.3 is 6.09 Å². The van der Waals surface area contributed by atoms with E-state index in [9.17, 15) is 4.79 Å². The van der Waals surface area contributed by atoms with Crippen molar-refractivity contribution in [1.82, 2.24) is 9.97 Å². The fourth-order valence-corrected chi connectivity index (χ4v) is 1.92. The number of H-pyrrole nitrogens is 1. The maximum absolute atomic E-state index is 11.8. The largest absolute Gasteiger partial charge is 0.444 e. The van der Waals surface area contributed by atoms with Gasteiger partial charge in [0.1, 0.15) is 12.1 Å². The van der Waals surface area contributed by atoms with Crippen molar-refractivity contribution in [3.8, 4) is 0 Å². The van der Waals surface area contributed by atoms with Gasteiger partial charge in [-0.25, -0.2) is 4.79 Å². The fraction of sp³-hybridized carbons (Fsp3) is 0.0667. The van der Waals surface area contributed by atoms with E-state index in [1.165, 1.54) is 0 Å². The zero-order chi connectivity index (χ0) is 13.8. The molecule has 1 amide bonds.